The number of hydrogen-bond donors (Lipinski definition) is 3. The fraction of sp³-hybridized carbons (Fsp3) is 0.562. The number of para-hydroxylation sites is 2. The van der Waals surface area contributed by atoms with Gasteiger partial charge >= 0.3 is 6.03 Å². The monoisotopic (exact) mass is 293 g/mol. The number of hydrogen-bond acceptors (Lipinski definition) is 3. The summed E-state index contributed by atoms with van der Waals surface area (Å²) < 4.78 is 0. The molecular formula is C16H27N3O2. The van der Waals surface area contributed by atoms with Crippen LogP contribution in [0.1, 0.15) is 33.6 Å². The highest BCUT2D eigenvalue weighted by atomic mass is 16.3. The van der Waals surface area contributed by atoms with Crippen LogP contribution < -0.4 is 15.5 Å². The van der Waals surface area contributed by atoms with E-state index in [1.807, 2.05) is 45.2 Å². The van der Waals surface area contributed by atoms with E-state index in [4.69, 9.17) is 5.11 Å². The van der Waals surface area contributed by atoms with E-state index < -0.39 is 5.54 Å². The van der Waals surface area contributed by atoms with Crippen molar-refractivity contribution in [2.45, 2.75) is 39.2 Å². The number of benzene rings is 1. The first-order chi connectivity index (χ1) is 9.95. The summed E-state index contributed by atoms with van der Waals surface area (Å²) in [7, 11) is 1.99. The van der Waals surface area contributed by atoms with Crippen molar-refractivity contribution in [3.8, 4) is 0 Å². The van der Waals surface area contributed by atoms with Crippen LogP contribution in [0.2, 0.25) is 0 Å². The Morgan fingerprint density at radius 2 is 2.00 bits per heavy atom. The maximum absolute atomic E-state index is 12.2. The Bertz CT molecular complexity index is 465. The molecule has 0 aromatic heterocycles. The molecule has 1 aromatic rings. The molecule has 0 aliphatic heterocycles. The van der Waals surface area contributed by atoms with Gasteiger partial charge in [0.1, 0.15) is 0 Å². The number of amides is 2. The molecule has 0 bridgehead atoms. The summed E-state index contributed by atoms with van der Waals surface area (Å²) in [6.45, 7) is 6.91. The largest absolute Gasteiger partial charge is 0.396 e. The molecule has 0 heterocycles. The van der Waals surface area contributed by atoms with Crippen molar-refractivity contribution in [3.05, 3.63) is 24.3 Å². The molecule has 0 fully saturated rings. The number of carbonyl (C=O) groups excluding carboxylic acids is 1. The van der Waals surface area contributed by atoms with Crippen molar-refractivity contribution in [1.82, 2.24) is 5.32 Å². The van der Waals surface area contributed by atoms with Gasteiger partial charge in [-0.25, -0.2) is 4.79 Å². The first kappa shape index (κ1) is 17.3. The standard InChI is InChI=1S/C16H27N3O2/c1-5-16(3,11-12-20)18-15(21)17-13-9-7-8-10-14(13)19(4)6-2/h7-10,20H,5-6,11-12H2,1-4H3,(H2,17,18,21). The van der Waals surface area contributed by atoms with Gasteiger partial charge < -0.3 is 20.6 Å². The first-order valence-electron chi connectivity index (χ1n) is 7.46. The van der Waals surface area contributed by atoms with Gasteiger partial charge in [0.25, 0.3) is 0 Å². The summed E-state index contributed by atoms with van der Waals surface area (Å²) in [5.74, 6) is 0. The Morgan fingerprint density at radius 1 is 1.33 bits per heavy atom. The molecule has 0 radical (unpaired) electrons. The van der Waals surface area contributed by atoms with Crippen LogP contribution in [0.4, 0.5) is 16.2 Å². The van der Waals surface area contributed by atoms with Gasteiger partial charge in [0.15, 0.2) is 0 Å². The van der Waals surface area contributed by atoms with Gasteiger partial charge in [-0.15, -0.1) is 0 Å². The van der Waals surface area contributed by atoms with Crippen LogP contribution in [0.25, 0.3) is 0 Å². The van der Waals surface area contributed by atoms with E-state index >= 15 is 0 Å². The third-order valence-corrected chi connectivity index (χ3v) is 3.90. The molecule has 0 spiro atoms. The van der Waals surface area contributed by atoms with E-state index in [1.165, 1.54) is 0 Å². The second kappa shape index (κ2) is 7.88. The summed E-state index contributed by atoms with van der Waals surface area (Å²) in [5.41, 5.74) is 1.36. The predicted octanol–water partition coefficient (Wildman–Crippen LogP) is 2.82. The van der Waals surface area contributed by atoms with Crippen LogP contribution in [0, 0.1) is 0 Å². The SMILES string of the molecule is CCN(C)c1ccccc1NC(=O)NC(C)(CC)CCO. The molecule has 1 aromatic carbocycles. The summed E-state index contributed by atoms with van der Waals surface area (Å²) in [6.07, 6.45) is 1.30. The van der Waals surface area contributed by atoms with E-state index in [-0.39, 0.29) is 12.6 Å². The van der Waals surface area contributed by atoms with E-state index in [1.54, 1.807) is 0 Å². The van der Waals surface area contributed by atoms with E-state index in [2.05, 4.69) is 22.5 Å². The van der Waals surface area contributed by atoms with E-state index in [0.717, 1.165) is 24.3 Å². The summed E-state index contributed by atoms with van der Waals surface area (Å²) in [4.78, 5) is 14.3. The summed E-state index contributed by atoms with van der Waals surface area (Å²) in [5, 5.41) is 15.0. The van der Waals surface area contributed by atoms with Gasteiger partial charge in [-0.3, -0.25) is 0 Å². The molecule has 1 rings (SSSR count). The Morgan fingerprint density at radius 3 is 2.57 bits per heavy atom. The second-order valence-electron chi connectivity index (χ2n) is 5.50. The van der Waals surface area contributed by atoms with Crippen LogP contribution in [-0.2, 0) is 0 Å². The molecule has 2 amide bonds. The molecule has 3 N–H and O–H groups in total. The number of aliphatic hydroxyl groups is 1. The second-order valence-corrected chi connectivity index (χ2v) is 5.50. The van der Waals surface area contributed by atoms with E-state index in [0.29, 0.717) is 6.42 Å². The van der Waals surface area contributed by atoms with E-state index in [9.17, 15) is 4.79 Å². The molecule has 0 aliphatic rings. The molecule has 0 aliphatic carbocycles. The fourth-order valence-electron chi connectivity index (χ4n) is 2.08. The normalized spacial score (nSPS) is 13.4. The fourth-order valence-corrected chi connectivity index (χ4v) is 2.08. The van der Waals surface area contributed by atoms with Gasteiger partial charge in [0.2, 0.25) is 0 Å². The predicted molar refractivity (Wildman–Crippen MR) is 87.9 cm³/mol. The average Bonchev–Trinajstić information content (AvgIpc) is 2.47. The number of anilines is 2. The van der Waals surface area contributed by atoms with Crippen molar-refractivity contribution in [2.75, 3.05) is 30.4 Å². The summed E-state index contributed by atoms with van der Waals surface area (Å²) >= 11 is 0. The number of urea groups is 1. The van der Waals surface area contributed by atoms with Gasteiger partial charge in [0.05, 0.1) is 11.4 Å². The first-order valence-corrected chi connectivity index (χ1v) is 7.46. The molecule has 1 atom stereocenters. The van der Waals surface area contributed by atoms with Crippen molar-refractivity contribution < 1.29 is 9.90 Å². The average molecular weight is 293 g/mol. The lowest BCUT2D eigenvalue weighted by Gasteiger charge is -2.29. The Balaban J connectivity index is 2.79. The topological polar surface area (TPSA) is 64.6 Å². The molecule has 0 saturated carbocycles. The van der Waals surface area contributed by atoms with Crippen molar-refractivity contribution in [3.63, 3.8) is 0 Å². The maximum atomic E-state index is 12.2. The molecule has 5 heteroatoms. The zero-order chi connectivity index (χ0) is 15.9. The number of carbonyl (C=O) groups is 1. The lowest BCUT2D eigenvalue weighted by molar-refractivity contribution is 0.208. The third kappa shape index (κ3) is 4.93. The van der Waals surface area contributed by atoms with Gasteiger partial charge in [-0.1, -0.05) is 19.1 Å². The highest BCUT2D eigenvalue weighted by Crippen LogP contribution is 2.24. The lowest BCUT2D eigenvalue weighted by Crippen LogP contribution is -2.48. The summed E-state index contributed by atoms with van der Waals surface area (Å²) in [6, 6.07) is 7.47. The Hall–Kier alpha value is -1.75. The number of aliphatic hydroxyl groups excluding tert-OH is 1. The number of nitrogens with zero attached hydrogens (tertiary/aromatic N) is 1. The van der Waals surface area contributed by atoms with Crippen molar-refractivity contribution >= 4 is 17.4 Å². The smallest absolute Gasteiger partial charge is 0.319 e. The number of rotatable bonds is 7. The van der Waals surface area contributed by atoms with Crippen molar-refractivity contribution in [2.24, 2.45) is 0 Å². The van der Waals surface area contributed by atoms with Crippen LogP contribution in [0.15, 0.2) is 24.3 Å². The zero-order valence-electron chi connectivity index (χ0n) is 13.4. The van der Waals surface area contributed by atoms with Crippen LogP contribution >= 0.6 is 0 Å². The molecule has 118 valence electrons. The minimum atomic E-state index is -0.398. The molecule has 1 unspecified atom stereocenters. The molecule has 0 saturated heterocycles. The molecular weight excluding hydrogens is 266 g/mol. The van der Waals surface area contributed by atoms with Gasteiger partial charge in [0, 0.05) is 25.7 Å². The minimum absolute atomic E-state index is 0.0553. The van der Waals surface area contributed by atoms with Crippen LogP contribution in [0.3, 0.4) is 0 Å². The van der Waals surface area contributed by atoms with Gasteiger partial charge in [-0.2, -0.15) is 0 Å². The highest BCUT2D eigenvalue weighted by molar-refractivity contribution is 5.93. The van der Waals surface area contributed by atoms with Crippen molar-refractivity contribution in [1.29, 1.82) is 0 Å². The van der Waals surface area contributed by atoms with Crippen LogP contribution in [-0.4, -0.2) is 36.9 Å². The maximum Gasteiger partial charge on any atom is 0.319 e. The lowest BCUT2D eigenvalue weighted by atomic mass is 9.95. The quantitative estimate of drug-likeness (QED) is 0.724. The number of nitrogens with one attached hydrogen (secondary N) is 2. The molecule has 21 heavy (non-hydrogen) atoms. The van der Waals surface area contributed by atoms with Crippen LogP contribution in [0.5, 0.6) is 0 Å². The molecule has 5 nitrogen and oxygen atoms in total. The third-order valence-electron chi connectivity index (χ3n) is 3.90. The van der Waals surface area contributed by atoms with Gasteiger partial charge in [-0.05, 0) is 38.8 Å². The Labute approximate surface area is 127 Å². The zero-order valence-corrected chi connectivity index (χ0v) is 13.4. The highest BCUT2D eigenvalue weighted by Gasteiger charge is 2.24. The minimum Gasteiger partial charge on any atom is -0.396 e. The Kier molecular flexibility index (Phi) is 6.49.